The highest BCUT2D eigenvalue weighted by Crippen LogP contribution is 2.28. The maximum Gasteiger partial charge on any atom is 0.242 e. The van der Waals surface area contributed by atoms with Gasteiger partial charge in [0.05, 0.1) is 22.7 Å². The van der Waals surface area contributed by atoms with Crippen molar-refractivity contribution in [1.82, 2.24) is 4.31 Å². The van der Waals surface area contributed by atoms with Crippen LogP contribution in [0.2, 0.25) is 5.02 Å². The lowest BCUT2D eigenvalue weighted by Crippen LogP contribution is -2.23. The van der Waals surface area contributed by atoms with Gasteiger partial charge in [-0.1, -0.05) is 23.7 Å². The first kappa shape index (κ1) is 20.2. The van der Waals surface area contributed by atoms with E-state index in [1.165, 1.54) is 26.2 Å². The Hall–Kier alpha value is -2.09. The van der Waals surface area contributed by atoms with Crippen LogP contribution in [0, 0.1) is 0 Å². The molecule has 0 aliphatic carbocycles. The molecular weight excluding hydrogens is 374 g/mol. The SMILES string of the molecule is CN(C)c1ccc(S(=O)(=O)N(C)C)cc1NC(=O)Cc1ccc(Cl)cc1. The molecule has 0 fully saturated rings. The lowest BCUT2D eigenvalue weighted by molar-refractivity contribution is -0.115. The van der Waals surface area contributed by atoms with E-state index in [1.54, 1.807) is 30.3 Å². The second-order valence-corrected chi connectivity index (χ2v) is 8.80. The second kappa shape index (κ2) is 8.07. The topological polar surface area (TPSA) is 69.7 Å². The Balaban J connectivity index is 2.30. The summed E-state index contributed by atoms with van der Waals surface area (Å²) < 4.78 is 25.9. The number of nitrogens with zero attached hydrogens (tertiary/aromatic N) is 2. The monoisotopic (exact) mass is 395 g/mol. The number of hydrogen-bond donors (Lipinski definition) is 1. The molecule has 0 bridgehead atoms. The maximum atomic E-state index is 12.4. The highest BCUT2D eigenvalue weighted by Gasteiger charge is 2.20. The third-order valence-corrected chi connectivity index (χ3v) is 5.84. The summed E-state index contributed by atoms with van der Waals surface area (Å²) in [6, 6.07) is 11.7. The van der Waals surface area contributed by atoms with Crippen LogP contribution in [0.5, 0.6) is 0 Å². The van der Waals surface area contributed by atoms with Crippen molar-refractivity contribution in [3.8, 4) is 0 Å². The van der Waals surface area contributed by atoms with Crippen LogP contribution < -0.4 is 10.2 Å². The first-order valence-electron chi connectivity index (χ1n) is 7.89. The smallest absolute Gasteiger partial charge is 0.242 e. The highest BCUT2D eigenvalue weighted by atomic mass is 35.5. The zero-order valence-electron chi connectivity index (χ0n) is 15.2. The molecule has 2 aromatic carbocycles. The zero-order valence-corrected chi connectivity index (χ0v) is 16.7. The molecule has 0 aliphatic heterocycles. The van der Waals surface area contributed by atoms with Crippen molar-refractivity contribution in [3.05, 3.63) is 53.1 Å². The summed E-state index contributed by atoms with van der Waals surface area (Å²) in [6.07, 6.45) is 0.161. The number of carbonyl (C=O) groups is 1. The minimum absolute atomic E-state index is 0.120. The van der Waals surface area contributed by atoms with Crippen molar-refractivity contribution in [2.24, 2.45) is 0 Å². The number of amides is 1. The molecule has 6 nitrogen and oxygen atoms in total. The van der Waals surface area contributed by atoms with Gasteiger partial charge in [-0.05, 0) is 35.9 Å². The molecule has 140 valence electrons. The Morgan fingerprint density at radius 1 is 1.04 bits per heavy atom. The van der Waals surface area contributed by atoms with Crippen LogP contribution >= 0.6 is 11.6 Å². The average molecular weight is 396 g/mol. The first-order valence-corrected chi connectivity index (χ1v) is 9.71. The third kappa shape index (κ3) is 4.75. The van der Waals surface area contributed by atoms with Gasteiger partial charge in [0.1, 0.15) is 0 Å². The summed E-state index contributed by atoms with van der Waals surface area (Å²) in [7, 11) is 2.99. The molecule has 1 N–H and O–H groups in total. The molecule has 0 aliphatic rings. The number of halogens is 1. The van der Waals surface area contributed by atoms with Crippen LogP contribution in [0.3, 0.4) is 0 Å². The van der Waals surface area contributed by atoms with Gasteiger partial charge in [0.2, 0.25) is 15.9 Å². The van der Waals surface area contributed by atoms with E-state index in [1.807, 2.05) is 19.0 Å². The largest absolute Gasteiger partial charge is 0.376 e. The maximum absolute atomic E-state index is 12.4. The molecule has 0 unspecified atom stereocenters. The predicted molar refractivity (Wildman–Crippen MR) is 105 cm³/mol. The lowest BCUT2D eigenvalue weighted by atomic mass is 10.1. The quantitative estimate of drug-likeness (QED) is 0.816. The number of benzene rings is 2. The molecule has 8 heteroatoms. The van der Waals surface area contributed by atoms with Crippen LogP contribution in [-0.4, -0.2) is 46.8 Å². The van der Waals surface area contributed by atoms with Gasteiger partial charge in [0, 0.05) is 33.2 Å². The molecule has 0 saturated carbocycles. The fourth-order valence-electron chi connectivity index (χ4n) is 2.36. The molecule has 0 radical (unpaired) electrons. The van der Waals surface area contributed by atoms with E-state index in [-0.39, 0.29) is 17.2 Å². The molecule has 0 aromatic heterocycles. The van der Waals surface area contributed by atoms with Crippen molar-refractivity contribution >= 4 is 38.9 Å². The molecule has 2 rings (SSSR count). The summed E-state index contributed by atoms with van der Waals surface area (Å²) >= 11 is 5.85. The summed E-state index contributed by atoms with van der Waals surface area (Å²) in [5, 5.41) is 3.41. The number of nitrogens with one attached hydrogen (secondary N) is 1. The Morgan fingerprint density at radius 3 is 2.19 bits per heavy atom. The van der Waals surface area contributed by atoms with E-state index in [4.69, 9.17) is 11.6 Å². The molecule has 1 amide bonds. The standard InChI is InChI=1S/C18H22ClN3O3S/c1-21(2)17-10-9-15(26(24,25)22(3)4)12-16(17)20-18(23)11-13-5-7-14(19)8-6-13/h5-10,12H,11H2,1-4H3,(H,20,23). The van der Waals surface area contributed by atoms with Crippen molar-refractivity contribution < 1.29 is 13.2 Å². The Morgan fingerprint density at radius 2 is 1.65 bits per heavy atom. The number of rotatable bonds is 6. The van der Waals surface area contributed by atoms with Gasteiger partial charge in [-0.25, -0.2) is 12.7 Å². The van der Waals surface area contributed by atoms with Crippen LogP contribution in [-0.2, 0) is 21.2 Å². The van der Waals surface area contributed by atoms with Gasteiger partial charge >= 0.3 is 0 Å². The number of hydrogen-bond acceptors (Lipinski definition) is 4. The van der Waals surface area contributed by atoms with Gasteiger partial charge in [-0.15, -0.1) is 0 Å². The molecule has 0 saturated heterocycles. The Labute approximate surface area is 159 Å². The van der Waals surface area contributed by atoms with E-state index in [2.05, 4.69) is 5.32 Å². The van der Waals surface area contributed by atoms with Crippen LogP contribution in [0.25, 0.3) is 0 Å². The normalized spacial score (nSPS) is 11.5. The molecule has 0 atom stereocenters. The van der Waals surface area contributed by atoms with Crippen LogP contribution in [0.4, 0.5) is 11.4 Å². The van der Waals surface area contributed by atoms with Crippen molar-refractivity contribution in [2.45, 2.75) is 11.3 Å². The van der Waals surface area contributed by atoms with E-state index < -0.39 is 10.0 Å². The summed E-state index contributed by atoms with van der Waals surface area (Å²) in [5.74, 6) is -0.241. The summed E-state index contributed by atoms with van der Waals surface area (Å²) in [6.45, 7) is 0. The van der Waals surface area contributed by atoms with Gasteiger partial charge in [-0.2, -0.15) is 0 Å². The highest BCUT2D eigenvalue weighted by molar-refractivity contribution is 7.89. The minimum atomic E-state index is -3.59. The average Bonchev–Trinajstić information content (AvgIpc) is 2.56. The Bertz CT molecular complexity index is 894. The predicted octanol–water partition coefficient (Wildman–Crippen LogP) is 2.84. The number of anilines is 2. The molecule has 0 heterocycles. The molecule has 26 heavy (non-hydrogen) atoms. The number of carbonyl (C=O) groups excluding carboxylic acids is 1. The van der Waals surface area contributed by atoms with E-state index in [9.17, 15) is 13.2 Å². The van der Waals surface area contributed by atoms with Crippen molar-refractivity contribution in [3.63, 3.8) is 0 Å². The van der Waals surface area contributed by atoms with E-state index in [0.29, 0.717) is 16.4 Å². The van der Waals surface area contributed by atoms with Crippen LogP contribution in [0.15, 0.2) is 47.4 Å². The molecular formula is C18H22ClN3O3S. The minimum Gasteiger partial charge on any atom is -0.376 e. The first-order chi connectivity index (χ1) is 12.1. The molecule has 2 aromatic rings. The van der Waals surface area contributed by atoms with Crippen LogP contribution in [0.1, 0.15) is 5.56 Å². The van der Waals surface area contributed by atoms with Crippen molar-refractivity contribution in [2.75, 3.05) is 38.4 Å². The number of sulfonamides is 1. The second-order valence-electron chi connectivity index (χ2n) is 6.21. The lowest BCUT2D eigenvalue weighted by Gasteiger charge is -2.20. The molecule has 0 spiro atoms. The summed E-state index contributed by atoms with van der Waals surface area (Å²) in [4.78, 5) is 14.3. The fourth-order valence-corrected chi connectivity index (χ4v) is 3.41. The van der Waals surface area contributed by atoms with E-state index >= 15 is 0 Å². The zero-order chi connectivity index (χ0) is 19.5. The van der Waals surface area contributed by atoms with E-state index in [0.717, 1.165) is 9.87 Å². The van der Waals surface area contributed by atoms with Gasteiger partial charge in [0.15, 0.2) is 0 Å². The third-order valence-electron chi connectivity index (χ3n) is 3.78. The van der Waals surface area contributed by atoms with Gasteiger partial charge < -0.3 is 10.2 Å². The van der Waals surface area contributed by atoms with Gasteiger partial charge in [-0.3, -0.25) is 4.79 Å². The Kier molecular flexibility index (Phi) is 6.28. The summed E-state index contributed by atoms with van der Waals surface area (Å²) in [5.41, 5.74) is 1.97. The fraction of sp³-hybridized carbons (Fsp3) is 0.278. The van der Waals surface area contributed by atoms with Crippen molar-refractivity contribution in [1.29, 1.82) is 0 Å². The van der Waals surface area contributed by atoms with Gasteiger partial charge in [0.25, 0.3) is 0 Å².